The minimum Gasteiger partial charge on any atom is -0.508 e. The molecule has 21 heteroatoms. The quantitative estimate of drug-likeness (QED) is 0.0518. The molecular weight excluding hydrogens is 997 g/mol. The first-order chi connectivity index (χ1) is 37.3. The lowest BCUT2D eigenvalue weighted by molar-refractivity contribution is -0.129. The Kier molecular flexibility index (Phi) is 15.2. The van der Waals surface area contributed by atoms with Crippen LogP contribution < -0.4 is 25.0 Å². The van der Waals surface area contributed by atoms with Crippen LogP contribution in [0.2, 0.25) is 0 Å². The maximum absolute atomic E-state index is 16.9. The number of amides is 5. The number of benzene rings is 3. The number of hydrogen-bond acceptors (Lipinski definition) is 16. The molecule has 6 aliphatic heterocycles. The van der Waals surface area contributed by atoms with E-state index in [-0.39, 0.29) is 93.5 Å². The largest absolute Gasteiger partial charge is 0.508 e. The fraction of sp³-hybridized carbons (Fsp3) is 0.429. The van der Waals surface area contributed by atoms with E-state index >= 15 is 4.39 Å². The van der Waals surface area contributed by atoms with Gasteiger partial charge < -0.3 is 39.2 Å². The van der Waals surface area contributed by atoms with Gasteiger partial charge in [0.1, 0.15) is 59.7 Å². The van der Waals surface area contributed by atoms with Crippen molar-refractivity contribution in [1.82, 2.24) is 40.3 Å². The first kappa shape index (κ1) is 52.8. The van der Waals surface area contributed by atoms with Crippen LogP contribution in [0.5, 0.6) is 17.5 Å². The Labute approximate surface area is 442 Å². The van der Waals surface area contributed by atoms with E-state index in [1.54, 1.807) is 37.3 Å². The number of hydrogen-bond donors (Lipinski definition) is 3. The molecule has 77 heavy (non-hydrogen) atoms. The Morgan fingerprint density at radius 1 is 1.06 bits per heavy atom. The topological polar surface area (TPSA) is 218 Å². The highest BCUT2D eigenvalue weighted by molar-refractivity contribution is 6.24. The molecule has 5 fully saturated rings. The van der Waals surface area contributed by atoms with Gasteiger partial charge in [0, 0.05) is 68.6 Å². The number of fused-ring (bicyclic) bond motifs is 6. The smallest absolute Gasteiger partial charge is 0.319 e. The summed E-state index contributed by atoms with van der Waals surface area (Å²) in [5, 5.41) is 17.4. The van der Waals surface area contributed by atoms with Gasteiger partial charge in [-0.3, -0.25) is 44.1 Å². The van der Waals surface area contributed by atoms with Gasteiger partial charge in [-0.2, -0.15) is 9.97 Å². The van der Waals surface area contributed by atoms with E-state index in [1.807, 2.05) is 5.32 Å². The Bertz CT molecular complexity index is 3220. The summed E-state index contributed by atoms with van der Waals surface area (Å²) in [5.41, 5.74) is 1.16. The molecule has 11 rings (SSSR count). The number of aromatic hydroxyl groups is 1. The average molecular weight is 1060 g/mol. The van der Waals surface area contributed by atoms with Crippen LogP contribution in [-0.4, -0.2) is 167 Å². The van der Waals surface area contributed by atoms with E-state index in [9.17, 15) is 33.5 Å². The Balaban J connectivity index is 0.000000194. The van der Waals surface area contributed by atoms with Gasteiger partial charge in [0.15, 0.2) is 5.82 Å². The molecule has 6 unspecified atom stereocenters. The number of carbonyl (C=O) groups is 5. The Morgan fingerprint density at radius 3 is 2.61 bits per heavy atom. The summed E-state index contributed by atoms with van der Waals surface area (Å²) in [6, 6.07) is 10.1. The number of piperazine rings is 1. The van der Waals surface area contributed by atoms with Crippen LogP contribution in [0.1, 0.15) is 78.1 Å². The van der Waals surface area contributed by atoms with Gasteiger partial charge in [-0.25, -0.2) is 8.78 Å². The fourth-order valence-electron chi connectivity index (χ4n) is 12.0. The number of imide groups is 2. The molecule has 19 nitrogen and oxygen atoms in total. The van der Waals surface area contributed by atoms with E-state index in [0.717, 1.165) is 55.5 Å². The van der Waals surface area contributed by atoms with Crippen molar-refractivity contribution in [3.05, 3.63) is 89.1 Å². The zero-order chi connectivity index (χ0) is 54.1. The molecular formula is C56H59F2N9O10. The first-order valence-electron chi connectivity index (χ1n) is 25.8. The Hall–Kier alpha value is -7.64. The SMILES string of the molecule is C#Cc1c(F)ccc2cc(O)cc(-c3ncc4c(N5CC6CCC(C5)N6)nc(OCC56CCC(COC)N5CC(=C)C6)nc4c3F)c12.CCCC(C(=O)NC=O)N1C(=O)c2cccc(OCC3CN(C=O)CCO3)c2C1=O. The van der Waals surface area contributed by atoms with E-state index in [2.05, 4.69) is 37.6 Å². The van der Waals surface area contributed by atoms with Crippen molar-refractivity contribution in [1.29, 1.82) is 0 Å². The predicted octanol–water partition coefficient (Wildman–Crippen LogP) is 4.90. The summed E-state index contributed by atoms with van der Waals surface area (Å²) in [5.74, 6) is -0.301. The van der Waals surface area contributed by atoms with Crippen LogP contribution in [0.25, 0.3) is 32.9 Å². The van der Waals surface area contributed by atoms with Crippen LogP contribution in [0, 0.1) is 24.0 Å². The van der Waals surface area contributed by atoms with E-state index in [1.165, 1.54) is 30.3 Å². The molecule has 0 saturated carbocycles. The lowest BCUT2D eigenvalue weighted by Gasteiger charge is -2.35. The molecule has 6 aliphatic rings. The monoisotopic (exact) mass is 1060 g/mol. The summed E-state index contributed by atoms with van der Waals surface area (Å²) in [7, 11) is 1.72. The number of terminal acetylenes is 1. The third kappa shape index (κ3) is 10.1. The van der Waals surface area contributed by atoms with Crippen molar-refractivity contribution in [2.24, 2.45) is 0 Å². The number of nitrogens with one attached hydrogen (secondary N) is 2. The highest BCUT2D eigenvalue weighted by atomic mass is 19.1. The standard InChI is InChI=1S/C36H36F2N6O3.C20H23N3O7/c1-4-26-29(37)8-5-21-11-25(45)12-27(30(21)26)32-31(38)33-28(14-39-32)34(43-16-22-6-7-23(17-43)40-22)42-35(41-33)47-19-36-10-9-24(18-46-3)44(36)15-20(2)13-36;1-2-4-15(18(26)21-11-24)23-19(27)14-5-3-6-16(17(14)20(23)28)30-10-13-9-22(12-25)7-8-29-13/h1,5,8,11-12,14,22-24,40,45H,2,6-7,9-10,13,15-19H2,3H3;3,5-6,11-13,15H,2,4,7-10H2,1H3,(H,21,24,26). The number of aromatic nitrogens is 3. The molecule has 0 aliphatic carbocycles. The first-order valence-corrected chi connectivity index (χ1v) is 25.8. The second kappa shape index (κ2) is 22.1. The molecule has 2 bridgehead atoms. The summed E-state index contributed by atoms with van der Waals surface area (Å²) in [4.78, 5) is 81.0. The van der Waals surface area contributed by atoms with Gasteiger partial charge in [0.2, 0.25) is 18.7 Å². The molecule has 8 heterocycles. The summed E-state index contributed by atoms with van der Waals surface area (Å²) in [6.07, 6.45) is 13.4. The average Bonchev–Trinajstić information content (AvgIpc) is 4.25. The molecule has 0 radical (unpaired) electrons. The van der Waals surface area contributed by atoms with E-state index < -0.39 is 35.4 Å². The second-order valence-electron chi connectivity index (χ2n) is 20.4. The number of methoxy groups -OCH3 is 1. The van der Waals surface area contributed by atoms with Gasteiger partial charge in [-0.15, -0.1) is 6.42 Å². The number of nitrogens with zero attached hydrogens (tertiary/aromatic N) is 7. The number of anilines is 1. The van der Waals surface area contributed by atoms with Gasteiger partial charge in [0.05, 0.1) is 47.4 Å². The minimum absolute atomic E-state index is 0.0323. The van der Waals surface area contributed by atoms with Crippen molar-refractivity contribution in [3.63, 3.8) is 0 Å². The molecule has 6 atom stereocenters. The zero-order valence-electron chi connectivity index (χ0n) is 42.8. The lowest BCUT2D eigenvalue weighted by Crippen LogP contribution is -2.51. The van der Waals surface area contributed by atoms with Crippen molar-refractivity contribution >= 4 is 58.0 Å². The van der Waals surface area contributed by atoms with Crippen molar-refractivity contribution in [2.45, 2.75) is 87.7 Å². The Morgan fingerprint density at radius 2 is 1.87 bits per heavy atom. The van der Waals surface area contributed by atoms with Crippen LogP contribution in [0.3, 0.4) is 0 Å². The zero-order valence-corrected chi connectivity index (χ0v) is 42.8. The number of morpholine rings is 1. The minimum atomic E-state index is -1.09. The third-order valence-corrected chi connectivity index (χ3v) is 15.4. The van der Waals surface area contributed by atoms with Gasteiger partial charge >= 0.3 is 6.01 Å². The molecule has 3 aromatic carbocycles. The normalized spacial score (nSPS) is 23.1. The van der Waals surface area contributed by atoms with Crippen LogP contribution in [-0.2, 0) is 23.9 Å². The number of pyridine rings is 1. The molecule has 0 spiro atoms. The number of phenols is 1. The summed E-state index contributed by atoms with van der Waals surface area (Å²) < 4.78 is 55.0. The number of ether oxygens (including phenoxy) is 4. The highest BCUT2D eigenvalue weighted by Gasteiger charge is 2.51. The van der Waals surface area contributed by atoms with Gasteiger partial charge in [-0.1, -0.05) is 43.5 Å². The molecule has 402 valence electrons. The highest BCUT2D eigenvalue weighted by Crippen LogP contribution is 2.45. The van der Waals surface area contributed by atoms with Gasteiger partial charge in [0.25, 0.3) is 11.8 Å². The van der Waals surface area contributed by atoms with Crippen molar-refractivity contribution < 1.29 is 56.8 Å². The molecule has 5 saturated heterocycles. The van der Waals surface area contributed by atoms with E-state index in [4.69, 9.17) is 30.4 Å². The van der Waals surface area contributed by atoms with E-state index in [0.29, 0.717) is 81.1 Å². The third-order valence-electron chi connectivity index (χ3n) is 15.4. The predicted molar refractivity (Wildman–Crippen MR) is 278 cm³/mol. The number of carbonyl (C=O) groups excluding carboxylic acids is 5. The van der Waals surface area contributed by atoms with Crippen molar-refractivity contribution in [3.8, 4) is 41.1 Å². The lowest BCUT2D eigenvalue weighted by atomic mass is 9.94. The maximum atomic E-state index is 16.9. The number of halogens is 2. The second-order valence-corrected chi connectivity index (χ2v) is 20.4. The fourth-order valence-corrected chi connectivity index (χ4v) is 12.0. The van der Waals surface area contributed by atoms with Crippen LogP contribution >= 0.6 is 0 Å². The summed E-state index contributed by atoms with van der Waals surface area (Å²) >= 11 is 0. The summed E-state index contributed by atoms with van der Waals surface area (Å²) in [6.45, 7) is 10.6. The van der Waals surface area contributed by atoms with Crippen molar-refractivity contribution in [2.75, 3.05) is 71.2 Å². The molecule has 3 N–H and O–H groups in total. The maximum Gasteiger partial charge on any atom is 0.319 e. The van der Waals surface area contributed by atoms with Gasteiger partial charge in [-0.05, 0) is 74.2 Å². The molecule has 5 amide bonds. The number of rotatable bonds is 16. The van der Waals surface area contributed by atoms with Crippen LogP contribution in [0.4, 0.5) is 14.6 Å². The van der Waals surface area contributed by atoms with Crippen LogP contribution in [0.15, 0.2) is 60.8 Å². The molecule has 2 aromatic heterocycles. The number of phenolic OH excluding ortho intramolecular Hbond substituents is 1. The molecule has 5 aromatic rings.